The fraction of sp³-hybridized carbons (Fsp3) is 0.889. The van der Waals surface area contributed by atoms with Crippen LogP contribution >= 0.6 is 11.8 Å². The number of piperazine rings is 1. The van der Waals surface area contributed by atoms with Crippen molar-refractivity contribution in [2.75, 3.05) is 57.8 Å². The molecule has 0 unspecified atom stereocenters. The zero-order valence-corrected chi connectivity index (χ0v) is 16.6. The molecule has 0 aromatic carbocycles. The van der Waals surface area contributed by atoms with Crippen molar-refractivity contribution >= 4 is 23.6 Å². The first-order valence-corrected chi connectivity index (χ1v) is 11.0. The average molecular weight is 371 g/mol. The van der Waals surface area contributed by atoms with Gasteiger partial charge in [-0.05, 0) is 43.7 Å². The Morgan fingerprint density at radius 3 is 2.28 bits per heavy atom. The van der Waals surface area contributed by atoms with Gasteiger partial charge in [-0.3, -0.25) is 9.59 Å². The van der Waals surface area contributed by atoms with Crippen molar-refractivity contribution < 1.29 is 9.59 Å². The summed E-state index contributed by atoms with van der Waals surface area (Å²) in [5, 5.41) is 0. The Bertz CT molecular complexity index is 433. The molecular formula is C18H34N4O2S. The number of nitrogens with zero attached hydrogens (tertiary/aromatic N) is 3. The van der Waals surface area contributed by atoms with E-state index in [0.29, 0.717) is 12.3 Å². The Balaban J connectivity index is 1.69. The topological polar surface area (TPSA) is 69.9 Å². The molecule has 2 amide bonds. The fourth-order valence-electron chi connectivity index (χ4n) is 3.65. The predicted octanol–water partition coefficient (Wildman–Crippen LogP) is 0.860. The van der Waals surface area contributed by atoms with E-state index in [9.17, 15) is 9.59 Å². The molecule has 7 heteroatoms. The first-order chi connectivity index (χ1) is 12.0. The summed E-state index contributed by atoms with van der Waals surface area (Å²) in [6.45, 7) is 8.41. The van der Waals surface area contributed by atoms with Crippen molar-refractivity contribution in [3.05, 3.63) is 0 Å². The van der Waals surface area contributed by atoms with Crippen LogP contribution in [0.4, 0.5) is 0 Å². The summed E-state index contributed by atoms with van der Waals surface area (Å²) in [4.78, 5) is 31.2. The maximum atomic E-state index is 12.5. The lowest BCUT2D eigenvalue weighted by molar-refractivity contribution is -0.135. The molecule has 0 saturated carbocycles. The molecule has 2 heterocycles. The number of rotatable bonds is 7. The van der Waals surface area contributed by atoms with Crippen LogP contribution in [0.25, 0.3) is 0 Å². The minimum Gasteiger partial charge on any atom is -0.341 e. The molecule has 2 aliphatic rings. The molecule has 0 aromatic rings. The highest BCUT2D eigenvalue weighted by atomic mass is 32.2. The van der Waals surface area contributed by atoms with Gasteiger partial charge in [0.15, 0.2) is 0 Å². The molecule has 25 heavy (non-hydrogen) atoms. The van der Waals surface area contributed by atoms with E-state index in [1.54, 1.807) is 11.8 Å². The van der Waals surface area contributed by atoms with Crippen molar-refractivity contribution in [2.24, 2.45) is 11.7 Å². The van der Waals surface area contributed by atoms with Crippen molar-refractivity contribution in [1.82, 2.24) is 14.7 Å². The Morgan fingerprint density at radius 1 is 1.08 bits per heavy atom. The third-order valence-corrected chi connectivity index (χ3v) is 6.16. The highest BCUT2D eigenvalue weighted by Crippen LogP contribution is 2.22. The molecule has 2 N–H and O–H groups in total. The molecule has 0 radical (unpaired) electrons. The van der Waals surface area contributed by atoms with Gasteiger partial charge in [-0.1, -0.05) is 6.92 Å². The number of nitrogens with two attached hydrogens (primary N) is 1. The maximum absolute atomic E-state index is 12.5. The van der Waals surface area contributed by atoms with Gasteiger partial charge in [-0.15, -0.1) is 0 Å². The van der Waals surface area contributed by atoms with Gasteiger partial charge in [0.05, 0.1) is 6.04 Å². The lowest BCUT2D eigenvalue weighted by Crippen LogP contribution is -2.50. The molecule has 144 valence electrons. The third-order valence-electron chi connectivity index (χ3n) is 5.51. The second-order valence-corrected chi connectivity index (χ2v) is 8.16. The van der Waals surface area contributed by atoms with Gasteiger partial charge in [-0.25, -0.2) is 0 Å². The summed E-state index contributed by atoms with van der Waals surface area (Å²) in [6.07, 6.45) is 5.24. The van der Waals surface area contributed by atoms with E-state index in [1.807, 2.05) is 16.1 Å². The van der Waals surface area contributed by atoms with Crippen molar-refractivity contribution in [1.29, 1.82) is 0 Å². The van der Waals surface area contributed by atoms with Gasteiger partial charge in [0.1, 0.15) is 0 Å². The third kappa shape index (κ3) is 6.15. The zero-order chi connectivity index (χ0) is 18.2. The second kappa shape index (κ2) is 10.4. The van der Waals surface area contributed by atoms with E-state index < -0.39 is 0 Å². The van der Waals surface area contributed by atoms with E-state index >= 15 is 0 Å². The van der Waals surface area contributed by atoms with E-state index in [2.05, 4.69) is 11.8 Å². The van der Waals surface area contributed by atoms with Crippen molar-refractivity contribution in [3.63, 3.8) is 0 Å². The summed E-state index contributed by atoms with van der Waals surface area (Å²) in [5.74, 6) is 1.69. The number of thioether (sulfide) groups is 1. The number of hydrogen-bond donors (Lipinski definition) is 1. The number of likely N-dealkylation sites (tertiary alicyclic amines) is 1. The highest BCUT2D eigenvalue weighted by molar-refractivity contribution is 7.98. The normalized spacial score (nSPS) is 21.4. The van der Waals surface area contributed by atoms with Crippen LogP contribution in [0.3, 0.4) is 0 Å². The van der Waals surface area contributed by atoms with Gasteiger partial charge in [0, 0.05) is 45.7 Å². The zero-order valence-electron chi connectivity index (χ0n) is 15.8. The van der Waals surface area contributed by atoms with Crippen LogP contribution < -0.4 is 5.73 Å². The maximum Gasteiger partial charge on any atom is 0.239 e. The smallest absolute Gasteiger partial charge is 0.239 e. The molecule has 2 rings (SSSR count). The monoisotopic (exact) mass is 370 g/mol. The van der Waals surface area contributed by atoms with Crippen LogP contribution in [0.15, 0.2) is 0 Å². The van der Waals surface area contributed by atoms with Crippen molar-refractivity contribution in [3.8, 4) is 0 Å². The predicted molar refractivity (Wildman–Crippen MR) is 104 cm³/mol. The number of amides is 2. The number of carbonyl (C=O) groups excluding carboxylic acids is 2. The van der Waals surface area contributed by atoms with Crippen LogP contribution in [-0.2, 0) is 9.59 Å². The van der Waals surface area contributed by atoms with E-state index in [4.69, 9.17) is 5.73 Å². The van der Waals surface area contributed by atoms with Crippen LogP contribution in [0.1, 0.15) is 32.6 Å². The van der Waals surface area contributed by atoms with E-state index in [-0.39, 0.29) is 17.9 Å². The first kappa shape index (κ1) is 20.5. The van der Waals surface area contributed by atoms with Gasteiger partial charge in [-0.2, -0.15) is 11.8 Å². The molecule has 2 saturated heterocycles. The molecule has 6 nitrogen and oxygen atoms in total. The molecule has 0 aliphatic carbocycles. The SMILES string of the molecule is CCN1CCN(C(=O)CC2CCN(C(=O)[C@@H](N)CCSC)CC2)CC1. The number of piperidine rings is 1. The van der Waals surface area contributed by atoms with Gasteiger partial charge >= 0.3 is 0 Å². The van der Waals surface area contributed by atoms with Crippen LogP contribution in [-0.4, -0.2) is 90.4 Å². The van der Waals surface area contributed by atoms with Crippen LogP contribution in [0.5, 0.6) is 0 Å². The molecule has 0 bridgehead atoms. The Morgan fingerprint density at radius 2 is 1.72 bits per heavy atom. The molecule has 1 atom stereocenters. The summed E-state index contributed by atoms with van der Waals surface area (Å²) in [7, 11) is 0. The molecule has 2 aliphatic heterocycles. The molecule has 0 spiro atoms. The molecule has 2 fully saturated rings. The minimum absolute atomic E-state index is 0.0783. The standard InChI is InChI=1S/C18H34N4O2S/c1-3-20-9-11-21(12-10-20)17(23)14-15-4-7-22(8-5-15)18(24)16(19)6-13-25-2/h15-16H,3-14,19H2,1-2H3/t16-/m0/s1. The summed E-state index contributed by atoms with van der Waals surface area (Å²) in [6, 6.07) is -0.375. The van der Waals surface area contributed by atoms with Gasteiger partial charge in [0.2, 0.25) is 11.8 Å². The quantitative estimate of drug-likeness (QED) is 0.720. The van der Waals surface area contributed by atoms with Crippen LogP contribution in [0.2, 0.25) is 0 Å². The number of hydrogen-bond acceptors (Lipinski definition) is 5. The Hall–Kier alpha value is -0.790. The summed E-state index contributed by atoms with van der Waals surface area (Å²) >= 11 is 1.72. The second-order valence-electron chi connectivity index (χ2n) is 7.18. The number of likely N-dealkylation sites (N-methyl/N-ethyl adjacent to an activating group) is 1. The minimum atomic E-state index is -0.375. The van der Waals surface area contributed by atoms with Gasteiger partial charge < -0.3 is 20.4 Å². The van der Waals surface area contributed by atoms with E-state index in [0.717, 1.165) is 70.8 Å². The lowest BCUT2D eigenvalue weighted by atomic mass is 9.92. The Labute approximate surface area is 156 Å². The largest absolute Gasteiger partial charge is 0.341 e. The highest BCUT2D eigenvalue weighted by Gasteiger charge is 2.29. The van der Waals surface area contributed by atoms with E-state index in [1.165, 1.54) is 0 Å². The Kier molecular flexibility index (Phi) is 8.52. The molecular weight excluding hydrogens is 336 g/mol. The van der Waals surface area contributed by atoms with Crippen molar-refractivity contribution in [2.45, 2.75) is 38.6 Å². The van der Waals surface area contributed by atoms with Gasteiger partial charge in [0.25, 0.3) is 0 Å². The fourth-order valence-corrected chi connectivity index (χ4v) is 4.14. The first-order valence-electron chi connectivity index (χ1n) is 9.58. The lowest BCUT2D eigenvalue weighted by Gasteiger charge is -2.36. The average Bonchev–Trinajstić information content (AvgIpc) is 2.66. The summed E-state index contributed by atoms with van der Waals surface area (Å²) in [5.41, 5.74) is 6.00. The van der Waals surface area contributed by atoms with Crippen LogP contribution in [0, 0.1) is 5.92 Å². The molecule has 0 aromatic heterocycles. The number of carbonyl (C=O) groups is 2. The summed E-state index contributed by atoms with van der Waals surface area (Å²) < 4.78 is 0.